The Hall–Kier alpha value is -3.01. The number of hydrogen-bond donors (Lipinski definition) is 1. The minimum absolute atomic E-state index is 0.118. The summed E-state index contributed by atoms with van der Waals surface area (Å²) in [6.07, 6.45) is -11.9. The van der Waals surface area contributed by atoms with Crippen LogP contribution in [0.5, 0.6) is 0 Å². The molecule has 1 N–H and O–H groups in total. The maximum atomic E-state index is 13.2. The third-order valence-electron chi connectivity index (χ3n) is 5.27. The molecule has 4 nitrogen and oxygen atoms in total. The van der Waals surface area contributed by atoms with Crippen molar-refractivity contribution < 1.29 is 36.2 Å². The van der Waals surface area contributed by atoms with E-state index >= 15 is 0 Å². The number of nitrogens with zero attached hydrogens (tertiary/aromatic N) is 2. The second-order valence-electron chi connectivity index (χ2n) is 7.75. The average Bonchev–Trinajstić information content (AvgIpc) is 2.99. The van der Waals surface area contributed by atoms with E-state index in [2.05, 4.69) is 0 Å². The van der Waals surface area contributed by atoms with E-state index in [0.717, 1.165) is 11.6 Å². The van der Waals surface area contributed by atoms with Gasteiger partial charge >= 0.3 is 12.4 Å². The maximum absolute atomic E-state index is 13.2. The molecule has 2 aromatic carbocycles. The molecule has 1 amide bonds. The smallest absolute Gasteiger partial charge is 0.369 e. The Labute approximate surface area is 179 Å². The Morgan fingerprint density at radius 1 is 0.969 bits per heavy atom. The van der Waals surface area contributed by atoms with Crippen LogP contribution in [0.3, 0.4) is 0 Å². The molecule has 3 rings (SSSR count). The molecular weight excluding hydrogens is 438 g/mol. The van der Waals surface area contributed by atoms with E-state index in [4.69, 9.17) is 0 Å². The number of aromatic nitrogens is 1. The topological polar surface area (TPSA) is 45.5 Å². The molecule has 0 atom stereocenters. The van der Waals surface area contributed by atoms with E-state index in [1.54, 1.807) is 49.9 Å². The van der Waals surface area contributed by atoms with Crippen molar-refractivity contribution in [2.75, 3.05) is 14.1 Å². The van der Waals surface area contributed by atoms with Crippen molar-refractivity contribution in [3.63, 3.8) is 0 Å². The zero-order valence-corrected chi connectivity index (χ0v) is 17.3. The van der Waals surface area contributed by atoms with Crippen LogP contribution in [-0.2, 0) is 12.1 Å². The molecule has 0 aliphatic rings. The minimum atomic E-state index is -5.95. The van der Waals surface area contributed by atoms with E-state index < -0.39 is 23.5 Å². The quantitative estimate of drug-likeness (QED) is 0.559. The maximum Gasteiger partial charge on any atom is 0.430 e. The van der Waals surface area contributed by atoms with Crippen LogP contribution in [0.1, 0.15) is 27.2 Å². The molecule has 0 aliphatic carbocycles. The number of carbonyl (C=O) groups is 1. The highest BCUT2D eigenvalue weighted by molar-refractivity contribution is 5.94. The van der Waals surface area contributed by atoms with Gasteiger partial charge in [-0.2, -0.15) is 26.3 Å². The number of halogens is 6. The molecule has 0 spiro atoms. The first-order valence-corrected chi connectivity index (χ1v) is 9.43. The molecule has 0 radical (unpaired) electrons. The summed E-state index contributed by atoms with van der Waals surface area (Å²) in [7, 11) is 3.22. The normalized spacial score (nSPS) is 12.9. The summed E-state index contributed by atoms with van der Waals surface area (Å²) in [5.41, 5.74) is -4.13. The standard InChI is InChI=1S/C22H20F6N2O2/c1-13-9-16-11-17(20(32,21(23,24)25)22(26,27)28)7-8-18(16)30(13)12-14-5-4-6-15(10-14)19(31)29(2)3/h4-11,32H,12H2,1-3H3. The van der Waals surface area contributed by atoms with Gasteiger partial charge in [-0.3, -0.25) is 4.79 Å². The third-order valence-corrected chi connectivity index (χ3v) is 5.27. The Bertz CT molecular complexity index is 1150. The summed E-state index contributed by atoms with van der Waals surface area (Å²) in [6, 6.07) is 10.7. The first kappa shape index (κ1) is 23.6. The van der Waals surface area contributed by atoms with Gasteiger partial charge in [0.05, 0.1) is 0 Å². The van der Waals surface area contributed by atoms with Crippen LogP contribution in [0.4, 0.5) is 26.3 Å². The van der Waals surface area contributed by atoms with Gasteiger partial charge in [-0.1, -0.05) is 18.2 Å². The van der Waals surface area contributed by atoms with Gasteiger partial charge in [0.2, 0.25) is 0 Å². The molecule has 0 saturated heterocycles. The van der Waals surface area contributed by atoms with Gasteiger partial charge < -0.3 is 14.6 Å². The molecule has 0 aliphatic heterocycles. The lowest BCUT2D eigenvalue weighted by atomic mass is 9.91. The van der Waals surface area contributed by atoms with Crippen molar-refractivity contribution in [2.45, 2.75) is 31.4 Å². The summed E-state index contributed by atoms with van der Waals surface area (Å²) in [4.78, 5) is 13.6. The van der Waals surface area contributed by atoms with Gasteiger partial charge in [0.25, 0.3) is 11.5 Å². The Morgan fingerprint density at radius 3 is 2.16 bits per heavy atom. The van der Waals surface area contributed by atoms with Crippen LogP contribution < -0.4 is 0 Å². The number of alkyl halides is 6. The molecule has 0 unspecified atom stereocenters. The Kier molecular flexibility index (Phi) is 5.80. The lowest BCUT2D eigenvalue weighted by molar-refractivity contribution is -0.376. The second-order valence-corrected chi connectivity index (χ2v) is 7.75. The highest BCUT2D eigenvalue weighted by atomic mass is 19.4. The SMILES string of the molecule is Cc1cc2cc(C(O)(C(F)(F)F)C(F)(F)F)ccc2n1Cc1cccc(C(=O)N(C)C)c1. The highest BCUT2D eigenvalue weighted by Gasteiger charge is 2.71. The number of benzene rings is 2. The van der Waals surface area contributed by atoms with Crippen molar-refractivity contribution in [2.24, 2.45) is 0 Å². The first-order chi connectivity index (χ1) is 14.7. The van der Waals surface area contributed by atoms with Crippen molar-refractivity contribution in [3.8, 4) is 0 Å². The van der Waals surface area contributed by atoms with Crippen molar-refractivity contribution in [1.82, 2.24) is 9.47 Å². The summed E-state index contributed by atoms with van der Waals surface area (Å²) < 4.78 is 81.0. The molecule has 0 saturated carbocycles. The van der Waals surface area contributed by atoms with Gasteiger partial charge in [0.1, 0.15) is 0 Å². The monoisotopic (exact) mass is 458 g/mol. The number of hydrogen-bond acceptors (Lipinski definition) is 2. The number of rotatable bonds is 4. The fourth-order valence-electron chi connectivity index (χ4n) is 3.58. The summed E-state index contributed by atoms with van der Waals surface area (Å²) in [6.45, 7) is 1.90. The largest absolute Gasteiger partial charge is 0.430 e. The molecule has 172 valence electrons. The summed E-state index contributed by atoms with van der Waals surface area (Å²) in [5.74, 6) is -0.204. The van der Waals surface area contributed by atoms with Crippen LogP contribution in [-0.4, -0.2) is 46.9 Å². The summed E-state index contributed by atoms with van der Waals surface area (Å²) >= 11 is 0. The predicted octanol–water partition coefficient (Wildman–Crippen LogP) is 5.01. The highest BCUT2D eigenvalue weighted by Crippen LogP contribution is 2.50. The fraction of sp³-hybridized carbons (Fsp3) is 0.318. The molecule has 10 heteroatoms. The molecule has 1 heterocycles. The lowest BCUT2D eigenvalue weighted by Crippen LogP contribution is -2.53. The molecule has 0 bridgehead atoms. The van der Waals surface area contributed by atoms with Crippen molar-refractivity contribution in [3.05, 3.63) is 70.9 Å². The van der Waals surface area contributed by atoms with E-state index in [1.807, 2.05) is 0 Å². The zero-order chi connectivity index (χ0) is 24.1. The first-order valence-electron chi connectivity index (χ1n) is 9.43. The Balaban J connectivity index is 2.05. The minimum Gasteiger partial charge on any atom is -0.369 e. The van der Waals surface area contributed by atoms with E-state index in [-0.39, 0.29) is 17.8 Å². The molecule has 0 fully saturated rings. The number of fused-ring (bicyclic) bond motifs is 1. The van der Waals surface area contributed by atoms with Crippen molar-refractivity contribution >= 4 is 16.8 Å². The zero-order valence-electron chi connectivity index (χ0n) is 17.3. The van der Waals surface area contributed by atoms with Gasteiger partial charge in [-0.05, 0) is 42.8 Å². The van der Waals surface area contributed by atoms with Gasteiger partial charge in [-0.25, -0.2) is 0 Å². The number of aryl methyl sites for hydroxylation is 1. The number of amides is 1. The van der Waals surface area contributed by atoms with E-state index in [1.165, 1.54) is 11.0 Å². The van der Waals surface area contributed by atoms with Crippen LogP contribution in [0.25, 0.3) is 10.9 Å². The average molecular weight is 458 g/mol. The number of aliphatic hydroxyl groups is 1. The van der Waals surface area contributed by atoms with Gasteiger partial charge in [0.15, 0.2) is 0 Å². The summed E-state index contributed by atoms with van der Waals surface area (Å²) in [5, 5.41) is 9.78. The molecule has 1 aromatic heterocycles. The Morgan fingerprint density at radius 2 is 1.59 bits per heavy atom. The van der Waals surface area contributed by atoms with Crippen LogP contribution in [0, 0.1) is 6.92 Å². The molecular formula is C22H20F6N2O2. The van der Waals surface area contributed by atoms with Crippen LogP contribution in [0.2, 0.25) is 0 Å². The van der Waals surface area contributed by atoms with Crippen molar-refractivity contribution in [1.29, 1.82) is 0 Å². The van der Waals surface area contributed by atoms with Gasteiger partial charge in [0, 0.05) is 48.4 Å². The van der Waals surface area contributed by atoms with E-state index in [9.17, 15) is 36.2 Å². The number of carbonyl (C=O) groups excluding carboxylic acids is 1. The predicted molar refractivity (Wildman–Crippen MR) is 106 cm³/mol. The van der Waals surface area contributed by atoms with E-state index in [0.29, 0.717) is 28.9 Å². The fourth-order valence-corrected chi connectivity index (χ4v) is 3.58. The van der Waals surface area contributed by atoms with Crippen LogP contribution >= 0.6 is 0 Å². The third kappa shape index (κ3) is 3.94. The molecule has 3 aromatic rings. The van der Waals surface area contributed by atoms with Crippen LogP contribution in [0.15, 0.2) is 48.5 Å². The van der Waals surface area contributed by atoms with Gasteiger partial charge in [-0.15, -0.1) is 0 Å². The molecule has 32 heavy (non-hydrogen) atoms. The second kappa shape index (κ2) is 7.84. The lowest BCUT2D eigenvalue weighted by Gasteiger charge is -2.32.